The van der Waals surface area contributed by atoms with E-state index in [1.54, 1.807) is 0 Å². The third-order valence-corrected chi connectivity index (χ3v) is 4.50. The minimum atomic E-state index is -4.49. The number of aliphatic imine (C=N–C) groups is 1. The van der Waals surface area contributed by atoms with Gasteiger partial charge in [0.25, 0.3) is 0 Å². The molecule has 0 unspecified atom stereocenters. The average molecular weight is 415 g/mol. The van der Waals surface area contributed by atoms with Gasteiger partial charge in [-0.25, -0.2) is 0 Å². The first-order valence-electron chi connectivity index (χ1n) is 8.44. The Morgan fingerprint density at radius 3 is 2.57 bits per heavy atom. The molecule has 1 N–H and O–H groups in total. The quantitative estimate of drug-likeness (QED) is 0.739. The third-order valence-electron chi connectivity index (χ3n) is 4.29. The summed E-state index contributed by atoms with van der Waals surface area (Å²) in [6.45, 7) is 2.06. The van der Waals surface area contributed by atoms with Crippen LogP contribution in [0.1, 0.15) is 11.1 Å². The first-order chi connectivity index (χ1) is 13.3. The number of morpholine rings is 1. The monoisotopic (exact) mass is 414 g/mol. The molecule has 1 fully saturated rings. The molecule has 0 atom stereocenters. The molecular weight excluding hydrogens is 397 g/mol. The van der Waals surface area contributed by atoms with Gasteiger partial charge in [0.15, 0.2) is 11.5 Å². The highest BCUT2D eigenvalue weighted by atomic mass is 35.5. The molecule has 1 saturated heterocycles. The summed E-state index contributed by atoms with van der Waals surface area (Å²) in [6.07, 6.45) is -3.22. The van der Waals surface area contributed by atoms with Crippen molar-refractivity contribution in [3.8, 4) is 11.5 Å². The van der Waals surface area contributed by atoms with Gasteiger partial charge >= 0.3 is 6.18 Å². The zero-order valence-electron chi connectivity index (χ0n) is 15.0. The SMILES string of the molecule is COc1cc(Cl)cc(C=Nc2cc(C(F)(F)F)ccc2N2CCOCC2)c1O. The molecule has 9 heteroatoms. The van der Waals surface area contributed by atoms with E-state index in [9.17, 15) is 18.3 Å². The normalized spacial score (nSPS) is 15.2. The molecular formula is C19H18ClF3N2O3. The minimum absolute atomic E-state index is 0.134. The number of benzene rings is 2. The number of nitrogens with zero attached hydrogens (tertiary/aromatic N) is 2. The van der Waals surface area contributed by atoms with E-state index < -0.39 is 11.7 Å². The van der Waals surface area contributed by atoms with Gasteiger partial charge in [0.2, 0.25) is 0 Å². The maximum absolute atomic E-state index is 13.2. The Kier molecular flexibility index (Phi) is 6.00. The van der Waals surface area contributed by atoms with Gasteiger partial charge in [0, 0.05) is 36.0 Å². The van der Waals surface area contributed by atoms with Crippen molar-refractivity contribution >= 4 is 29.2 Å². The van der Waals surface area contributed by atoms with Crippen LogP contribution in [0.3, 0.4) is 0 Å². The Bertz CT molecular complexity index is 881. The first-order valence-corrected chi connectivity index (χ1v) is 8.82. The van der Waals surface area contributed by atoms with Crippen LogP contribution in [0, 0.1) is 0 Å². The van der Waals surface area contributed by atoms with Crippen LogP contribution in [-0.2, 0) is 10.9 Å². The van der Waals surface area contributed by atoms with Crippen molar-refractivity contribution in [3.05, 3.63) is 46.5 Å². The molecule has 150 valence electrons. The van der Waals surface area contributed by atoms with Gasteiger partial charge in [-0.05, 0) is 24.3 Å². The molecule has 0 aromatic heterocycles. The second-order valence-electron chi connectivity index (χ2n) is 6.10. The highest BCUT2D eigenvalue weighted by Crippen LogP contribution is 2.38. The second kappa shape index (κ2) is 8.28. The van der Waals surface area contributed by atoms with E-state index in [4.69, 9.17) is 21.1 Å². The highest BCUT2D eigenvalue weighted by molar-refractivity contribution is 6.31. The topological polar surface area (TPSA) is 54.3 Å². The van der Waals surface area contributed by atoms with Crippen molar-refractivity contribution in [1.29, 1.82) is 0 Å². The number of rotatable bonds is 4. The van der Waals surface area contributed by atoms with E-state index >= 15 is 0 Å². The van der Waals surface area contributed by atoms with E-state index in [-0.39, 0.29) is 22.7 Å². The van der Waals surface area contributed by atoms with Crippen molar-refractivity contribution in [3.63, 3.8) is 0 Å². The van der Waals surface area contributed by atoms with Gasteiger partial charge < -0.3 is 19.5 Å². The van der Waals surface area contributed by atoms with Crippen molar-refractivity contribution in [2.45, 2.75) is 6.18 Å². The summed E-state index contributed by atoms with van der Waals surface area (Å²) in [5.74, 6) is -0.0538. The lowest BCUT2D eigenvalue weighted by atomic mass is 10.1. The minimum Gasteiger partial charge on any atom is -0.504 e. The Hall–Kier alpha value is -2.45. The number of hydrogen-bond acceptors (Lipinski definition) is 5. The van der Waals surface area contributed by atoms with Crippen LogP contribution >= 0.6 is 11.6 Å². The van der Waals surface area contributed by atoms with E-state index in [2.05, 4.69) is 4.99 Å². The Balaban J connectivity index is 2.03. The Labute approximate surface area is 165 Å². The van der Waals surface area contributed by atoms with E-state index in [1.165, 1.54) is 31.5 Å². The van der Waals surface area contributed by atoms with E-state index in [1.807, 2.05) is 4.90 Å². The van der Waals surface area contributed by atoms with Gasteiger partial charge in [-0.1, -0.05) is 11.6 Å². The fourth-order valence-corrected chi connectivity index (χ4v) is 3.08. The molecule has 0 spiro atoms. The summed E-state index contributed by atoms with van der Waals surface area (Å²) < 4.78 is 49.8. The van der Waals surface area contributed by atoms with E-state index in [0.717, 1.165) is 12.1 Å². The highest BCUT2D eigenvalue weighted by Gasteiger charge is 2.31. The molecule has 5 nitrogen and oxygen atoms in total. The number of halogens is 4. The molecule has 3 rings (SSSR count). The smallest absolute Gasteiger partial charge is 0.416 e. The summed E-state index contributed by atoms with van der Waals surface area (Å²) in [7, 11) is 1.37. The summed E-state index contributed by atoms with van der Waals surface area (Å²) in [5.41, 5.74) is 0.121. The lowest BCUT2D eigenvalue weighted by Gasteiger charge is -2.30. The van der Waals surface area contributed by atoms with Crippen LogP contribution in [-0.4, -0.2) is 44.7 Å². The van der Waals surface area contributed by atoms with Gasteiger partial charge in [-0.2, -0.15) is 13.2 Å². The predicted octanol–water partition coefficient (Wildman–Crippen LogP) is 4.66. The van der Waals surface area contributed by atoms with Crippen molar-refractivity contribution in [2.24, 2.45) is 4.99 Å². The summed E-state index contributed by atoms with van der Waals surface area (Å²) in [4.78, 5) is 6.13. The number of phenols is 1. The van der Waals surface area contributed by atoms with Crippen LogP contribution in [0.4, 0.5) is 24.5 Å². The van der Waals surface area contributed by atoms with Crippen molar-refractivity contribution < 1.29 is 27.8 Å². The summed E-state index contributed by atoms with van der Waals surface area (Å²) >= 11 is 6.00. The number of hydrogen-bond donors (Lipinski definition) is 1. The zero-order chi connectivity index (χ0) is 20.3. The average Bonchev–Trinajstić information content (AvgIpc) is 2.68. The molecule has 0 aliphatic carbocycles. The maximum Gasteiger partial charge on any atom is 0.416 e. The summed E-state index contributed by atoms with van der Waals surface area (Å²) in [5, 5.41) is 10.5. The van der Waals surface area contributed by atoms with Gasteiger partial charge in [0.1, 0.15) is 0 Å². The van der Waals surface area contributed by atoms with Crippen LogP contribution in [0.2, 0.25) is 5.02 Å². The fraction of sp³-hybridized carbons (Fsp3) is 0.316. The molecule has 0 radical (unpaired) electrons. The molecule has 2 aromatic carbocycles. The number of alkyl halides is 3. The number of ether oxygens (including phenoxy) is 2. The number of methoxy groups -OCH3 is 1. The Morgan fingerprint density at radius 2 is 1.93 bits per heavy atom. The largest absolute Gasteiger partial charge is 0.504 e. The maximum atomic E-state index is 13.2. The molecule has 1 heterocycles. The van der Waals surface area contributed by atoms with Crippen LogP contribution < -0.4 is 9.64 Å². The third kappa shape index (κ3) is 4.51. The molecule has 1 aliphatic heterocycles. The first kappa shape index (κ1) is 20.3. The number of aromatic hydroxyl groups is 1. The molecule has 2 aromatic rings. The van der Waals surface area contributed by atoms with Gasteiger partial charge in [0.05, 0.1) is 37.3 Å². The second-order valence-corrected chi connectivity index (χ2v) is 6.54. The molecule has 1 aliphatic rings. The lowest BCUT2D eigenvalue weighted by molar-refractivity contribution is -0.137. The van der Waals surface area contributed by atoms with Crippen LogP contribution in [0.25, 0.3) is 0 Å². The van der Waals surface area contributed by atoms with Crippen LogP contribution in [0.15, 0.2) is 35.3 Å². The Morgan fingerprint density at radius 1 is 1.21 bits per heavy atom. The lowest BCUT2D eigenvalue weighted by Crippen LogP contribution is -2.36. The van der Waals surface area contributed by atoms with Gasteiger partial charge in [-0.3, -0.25) is 4.99 Å². The van der Waals surface area contributed by atoms with Gasteiger partial charge in [-0.15, -0.1) is 0 Å². The number of phenolic OH excluding ortho intramolecular Hbond substituents is 1. The fourth-order valence-electron chi connectivity index (χ4n) is 2.86. The predicted molar refractivity (Wildman–Crippen MR) is 101 cm³/mol. The van der Waals surface area contributed by atoms with Crippen molar-refractivity contribution in [1.82, 2.24) is 0 Å². The van der Waals surface area contributed by atoms with Crippen molar-refractivity contribution in [2.75, 3.05) is 38.3 Å². The molecule has 28 heavy (non-hydrogen) atoms. The zero-order valence-corrected chi connectivity index (χ0v) is 15.7. The van der Waals surface area contributed by atoms with E-state index in [0.29, 0.717) is 37.0 Å². The standard InChI is InChI=1S/C19H18ClF3N2O3/c1-27-17-10-14(20)8-12(18(17)26)11-24-15-9-13(19(21,22)23)2-3-16(15)25-4-6-28-7-5-25/h2-3,8-11,26H,4-7H2,1H3. The molecule has 0 bridgehead atoms. The van der Waals surface area contributed by atoms with Crippen LogP contribution in [0.5, 0.6) is 11.5 Å². The summed E-state index contributed by atoms with van der Waals surface area (Å²) in [6, 6.07) is 6.30. The molecule has 0 saturated carbocycles. The molecule has 0 amide bonds. The number of anilines is 1.